The predicted octanol–water partition coefficient (Wildman–Crippen LogP) is 3.48. The Balaban J connectivity index is 1.32. The number of aryl methyl sites for hydroxylation is 1. The number of likely N-dealkylation sites (tertiary alicyclic amines) is 1. The Labute approximate surface area is 154 Å². The molecular formula is C20H29FN2OS. The highest BCUT2D eigenvalue weighted by molar-refractivity contribution is 7.99. The van der Waals surface area contributed by atoms with Crippen LogP contribution in [0.3, 0.4) is 0 Å². The fraction of sp³-hybridized carbons (Fsp3) is 0.650. The number of nitrogens with one attached hydrogen (secondary N) is 1. The Morgan fingerprint density at radius 2 is 1.88 bits per heavy atom. The van der Waals surface area contributed by atoms with Gasteiger partial charge in [-0.15, -0.1) is 0 Å². The first-order valence-electron chi connectivity index (χ1n) is 9.54. The van der Waals surface area contributed by atoms with E-state index in [4.69, 9.17) is 0 Å². The van der Waals surface area contributed by atoms with Crippen LogP contribution in [0.1, 0.15) is 37.7 Å². The zero-order valence-corrected chi connectivity index (χ0v) is 15.7. The van der Waals surface area contributed by atoms with Gasteiger partial charge in [0.25, 0.3) is 0 Å². The average Bonchev–Trinajstić information content (AvgIpc) is 2.67. The molecule has 1 aromatic rings. The third-order valence-corrected chi connectivity index (χ3v) is 6.57. The summed E-state index contributed by atoms with van der Waals surface area (Å²) in [5.41, 5.74) is 0.622. The van der Waals surface area contributed by atoms with Gasteiger partial charge in [0.1, 0.15) is 5.82 Å². The number of benzene rings is 1. The van der Waals surface area contributed by atoms with Gasteiger partial charge < -0.3 is 10.2 Å². The predicted molar refractivity (Wildman–Crippen MR) is 102 cm³/mol. The maximum atomic E-state index is 13.6. The van der Waals surface area contributed by atoms with Gasteiger partial charge in [0, 0.05) is 19.0 Å². The second-order valence-corrected chi connectivity index (χ2v) is 8.44. The smallest absolute Gasteiger partial charge is 0.220 e. The molecule has 2 heterocycles. The topological polar surface area (TPSA) is 32.3 Å². The summed E-state index contributed by atoms with van der Waals surface area (Å²) >= 11 is 2.08. The van der Waals surface area contributed by atoms with E-state index in [9.17, 15) is 9.18 Å². The molecule has 0 saturated carbocycles. The SMILES string of the molecule is O=C(CCc1ccccc1F)NCC1CCN(C2CCSCC2)CC1. The van der Waals surface area contributed by atoms with Gasteiger partial charge in [-0.2, -0.15) is 11.8 Å². The van der Waals surface area contributed by atoms with E-state index in [0.717, 1.165) is 12.6 Å². The van der Waals surface area contributed by atoms with Crippen molar-refractivity contribution in [3.05, 3.63) is 35.6 Å². The highest BCUT2D eigenvalue weighted by Gasteiger charge is 2.26. The summed E-state index contributed by atoms with van der Waals surface area (Å²) in [6, 6.07) is 7.48. The molecule has 5 heteroatoms. The molecule has 1 amide bonds. The largest absolute Gasteiger partial charge is 0.356 e. The van der Waals surface area contributed by atoms with Gasteiger partial charge in [-0.1, -0.05) is 18.2 Å². The number of hydrogen-bond donors (Lipinski definition) is 1. The van der Waals surface area contributed by atoms with Crippen molar-refractivity contribution in [3.63, 3.8) is 0 Å². The molecule has 1 aromatic carbocycles. The van der Waals surface area contributed by atoms with Crippen LogP contribution in [-0.2, 0) is 11.2 Å². The van der Waals surface area contributed by atoms with Crippen molar-refractivity contribution in [1.82, 2.24) is 10.2 Å². The molecule has 2 saturated heterocycles. The van der Waals surface area contributed by atoms with E-state index >= 15 is 0 Å². The first kappa shape index (κ1) is 18.7. The first-order valence-corrected chi connectivity index (χ1v) is 10.7. The molecule has 0 atom stereocenters. The van der Waals surface area contributed by atoms with Crippen molar-refractivity contribution in [3.8, 4) is 0 Å². The molecule has 0 bridgehead atoms. The number of nitrogens with zero attached hydrogens (tertiary/aromatic N) is 1. The second kappa shape index (κ2) is 9.58. The minimum absolute atomic E-state index is 0.0370. The van der Waals surface area contributed by atoms with E-state index in [2.05, 4.69) is 22.0 Å². The van der Waals surface area contributed by atoms with E-state index < -0.39 is 0 Å². The van der Waals surface area contributed by atoms with Gasteiger partial charge >= 0.3 is 0 Å². The standard InChI is InChI=1S/C20H29FN2OS/c21-19-4-2-1-3-17(19)5-6-20(24)22-15-16-7-11-23(12-8-16)18-9-13-25-14-10-18/h1-4,16,18H,5-15H2,(H,22,24). The van der Waals surface area contributed by atoms with Crippen molar-refractivity contribution in [2.24, 2.45) is 5.92 Å². The second-order valence-electron chi connectivity index (χ2n) is 7.22. The normalized spacial score (nSPS) is 20.5. The van der Waals surface area contributed by atoms with E-state index in [-0.39, 0.29) is 11.7 Å². The lowest BCUT2D eigenvalue weighted by Crippen LogP contribution is -2.45. The van der Waals surface area contributed by atoms with E-state index in [1.54, 1.807) is 12.1 Å². The van der Waals surface area contributed by atoms with Crippen molar-refractivity contribution in [2.45, 2.75) is 44.6 Å². The molecule has 138 valence electrons. The highest BCUT2D eigenvalue weighted by atomic mass is 32.2. The lowest BCUT2D eigenvalue weighted by molar-refractivity contribution is -0.121. The molecule has 2 fully saturated rings. The molecule has 0 radical (unpaired) electrons. The monoisotopic (exact) mass is 364 g/mol. The summed E-state index contributed by atoms with van der Waals surface area (Å²) in [5, 5.41) is 3.05. The highest BCUT2D eigenvalue weighted by Crippen LogP contribution is 2.26. The number of amides is 1. The minimum Gasteiger partial charge on any atom is -0.356 e. The molecular weight excluding hydrogens is 335 g/mol. The van der Waals surface area contributed by atoms with Crippen molar-refractivity contribution < 1.29 is 9.18 Å². The molecule has 3 nitrogen and oxygen atoms in total. The molecule has 1 N–H and O–H groups in total. The number of carbonyl (C=O) groups excluding carboxylic acids is 1. The van der Waals surface area contributed by atoms with Gasteiger partial charge in [-0.05, 0) is 74.2 Å². The van der Waals surface area contributed by atoms with Gasteiger partial charge in [0.2, 0.25) is 5.91 Å². The average molecular weight is 365 g/mol. The maximum absolute atomic E-state index is 13.6. The summed E-state index contributed by atoms with van der Waals surface area (Å²) in [6.45, 7) is 3.11. The van der Waals surface area contributed by atoms with Gasteiger partial charge in [0.05, 0.1) is 0 Å². The Bertz CT molecular complexity index is 554. The summed E-state index contributed by atoms with van der Waals surface area (Å²) in [4.78, 5) is 14.7. The fourth-order valence-electron chi connectivity index (χ4n) is 3.87. The number of halogens is 1. The third kappa shape index (κ3) is 5.71. The number of thioether (sulfide) groups is 1. The molecule has 2 aliphatic rings. The number of rotatable bonds is 6. The van der Waals surface area contributed by atoms with Crippen LogP contribution in [0.5, 0.6) is 0 Å². The van der Waals surface area contributed by atoms with Gasteiger partial charge in [0.15, 0.2) is 0 Å². The Morgan fingerprint density at radius 1 is 1.16 bits per heavy atom. The minimum atomic E-state index is -0.219. The van der Waals surface area contributed by atoms with Crippen LogP contribution >= 0.6 is 11.8 Å². The Kier molecular flexibility index (Phi) is 7.17. The molecule has 3 rings (SSSR count). The maximum Gasteiger partial charge on any atom is 0.220 e. The van der Waals surface area contributed by atoms with Crippen molar-refractivity contribution >= 4 is 17.7 Å². The summed E-state index contributed by atoms with van der Waals surface area (Å²) in [5.74, 6) is 3.02. The van der Waals surface area contributed by atoms with Crippen LogP contribution in [0.25, 0.3) is 0 Å². The Hall–Kier alpha value is -1.07. The van der Waals surface area contributed by atoms with E-state index in [1.165, 1.54) is 56.3 Å². The zero-order chi connectivity index (χ0) is 17.5. The van der Waals surface area contributed by atoms with Crippen LogP contribution in [-0.4, -0.2) is 48.0 Å². The van der Waals surface area contributed by atoms with Crippen LogP contribution in [0.4, 0.5) is 4.39 Å². The number of piperidine rings is 1. The van der Waals surface area contributed by atoms with Gasteiger partial charge in [-0.25, -0.2) is 4.39 Å². The van der Waals surface area contributed by atoms with Crippen LogP contribution in [0.2, 0.25) is 0 Å². The zero-order valence-electron chi connectivity index (χ0n) is 14.9. The molecule has 0 unspecified atom stereocenters. The molecule has 0 spiro atoms. The summed E-state index contributed by atoms with van der Waals surface area (Å²) in [7, 11) is 0. The summed E-state index contributed by atoms with van der Waals surface area (Å²) < 4.78 is 13.6. The van der Waals surface area contributed by atoms with Crippen LogP contribution in [0.15, 0.2) is 24.3 Å². The molecule has 0 aromatic heterocycles. The summed E-state index contributed by atoms with van der Waals surface area (Å²) in [6.07, 6.45) is 5.86. The van der Waals surface area contributed by atoms with Crippen molar-refractivity contribution in [1.29, 1.82) is 0 Å². The number of hydrogen-bond acceptors (Lipinski definition) is 3. The fourth-order valence-corrected chi connectivity index (χ4v) is 4.95. The van der Waals surface area contributed by atoms with Crippen LogP contribution < -0.4 is 5.32 Å². The number of carbonyl (C=O) groups is 1. The first-order chi connectivity index (χ1) is 12.2. The van der Waals surface area contributed by atoms with Crippen LogP contribution in [0, 0.1) is 11.7 Å². The quantitative estimate of drug-likeness (QED) is 0.839. The van der Waals surface area contributed by atoms with E-state index in [1.807, 2.05) is 6.07 Å². The van der Waals surface area contributed by atoms with Crippen molar-refractivity contribution in [2.75, 3.05) is 31.1 Å². The lowest BCUT2D eigenvalue weighted by Gasteiger charge is -2.39. The lowest BCUT2D eigenvalue weighted by atomic mass is 9.94. The molecule has 25 heavy (non-hydrogen) atoms. The van der Waals surface area contributed by atoms with E-state index in [0.29, 0.717) is 24.3 Å². The molecule has 0 aliphatic carbocycles. The van der Waals surface area contributed by atoms with Gasteiger partial charge in [-0.3, -0.25) is 4.79 Å². The third-order valence-electron chi connectivity index (χ3n) is 5.52. The molecule has 2 aliphatic heterocycles. The Morgan fingerprint density at radius 3 is 2.60 bits per heavy atom.